The second-order valence-electron chi connectivity index (χ2n) is 3.21. The van der Waals surface area contributed by atoms with E-state index in [2.05, 4.69) is 4.98 Å². The maximum absolute atomic E-state index is 11.8. The third kappa shape index (κ3) is 3.40. The molecule has 0 saturated heterocycles. The Kier molecular flexibility index (Phi) is 3.68. The summed E-state index contributed by atoms with van der Waals surface area (Å²) in [7, 11) is 0. The molecule has 0 spiro atoms. The Hall–Kier alpha value is -1.12. The van der Waals surface area contributed by atoms with Crippen LogP contribution in [0.25, 0.3) is 0 Å². The van der Waals surface area contributed by atoms with E-state index in [0.717, 1.165) is 24.1 Å². The van der Waals surface area contributed by atoms with E-state index in [1.54, 1.807) is 0 Å². The molecular formula is C10H15FN2. The highest BCUT2D eigenvalue weighted by molar-refractivity contribution is 5.34. The molecule has 1 aromatic rings. The Balaban J connectivity index is 2.56. The lowest BCUT2D eigenvalue weighted by atomic mass is 10.1. The maximum atomic E-state index is 11.8. The van der Waals surface area contributed by atoms with Crippen molar-refractivity contribution in [2.75, 3.05) is 12.4 Å². The molecule has 0 aliphatic heterocycles. The molecule has 2 nitrogen and oxygen atoms in total. The molecule has 1 aromatic heterocycles. The second-order valence-corrected chi connectivity index (χ2v) is 3.21. The summed E-state index contributed by atoms with van der Waals surface area (Å²) >= 11 is 0. The molecule has 1 heterocycles. The van der Waals surface area contributed by atoms with Crippen molar-refractivity contribution in [2.45, 2.75) is 26.2 Å². The van der Waals surface area contributed by atoms with E-state index in [0.29, 0.717) is 12.2 Å². The fourth-order valence-electron chi connectivity index (χ4n) is 1.30. The molecule has 0 aliphatic carbocycles. The van der Waals surface area contributed by atoms with Gasteiger partial charge in [0.1, 0.15) is 5.82 Å². The molecule has 0 fully saturated rings. The van der Waals surface area contributed by atoms with Crippen molar-refractivity contribution in [3.63, 3.8) is 0 Å². The van der Waals surface area contributed by atoms with Crippen LogP contribution in [0.1, 0.15) is 24.1 Å². The Morgan fingerprint density at radius 3 is 2.77 bits per heavy atom. The van der Waals surface area contributed by atoms with Gasteiger partial charge in [-0.1, -0.05) is 0 Å². The molecule has 3 heteroatoms. The minimum absolute atomic E-state index is 0.249. The minimum Gasteiger partial charge on any atom is -0.384 e. The molecule has 0 atom stereocenters. The molecule has 72 valence electrons. The highest BCUT2D eigenvalue weighted by Crippen LogP contribution is 2.09. The number of aromatic nitrogens is 1. The summed E-state index contributed by atoms with van der Waals surface area (Å²) in [5.74, 6) is 0.551. The number of nitrogens with two attached hydrogens (primary N) is 1. The van der Waals surface area contributed by atoms with E-state index in [1.165, 1.54) is 0 Å². The van der Waals surface area contributed by atoms with Crippen LogP contribution >= 0.6 is 0 Å². The lowest BCUT2D eigenvalue weighted by Crippen LogP contribution is -1.97. The summed E-state index contributed by atoms with van der Waals surface area (Å²) in [6, 6.07) is 3.83. The molecule has 0 aromatic carbocycles. The number of anilines is 1. The van der Waals surface area contributed by atoms with Gasteiger partial charge in [-0.25, -0.2) is 4.98 Å². The summed E-state index contributed by atoms with van der Waals surface area (Å²) < 4.78 is 11.8. The first-order valence-electron chi connectivity index (χ1n) is 4.51. The summed E-state index contributed by atoms with van der Waals surface area (Å²) in [5.41, 5.74) is 7.66. The number of hydrogen-bond donors (Lipinski definition) is 1. The maximum Gasteiger partial charge on any atom is 0.123 e. The van der Waals surface area contributed by atoms with Gasteiger partial charge in [-0.2, -0.15) is 0 Å². The van der Waals surface area contributed by atoms with Gasteiger partial charge in [-0.3, -0.25) is 4.39 Å². The number of rotatable bonds is 4. The van der Waals surface area contributed by atoms with E-state index in [4.69, 9.17) is 5.73 Å². The monoisotopic (exact) mass is 182 g/mol. The van der Waals surface area contributed by atoms with Gasteiger partial charge in [-0.15, -0.1) is 0 Å². The van der Waals surface area contributed by atoms with Crippen molar-refractivity contribution >= 4 is 5.82 Å². The third-order valence-corrected chi connectivity index (χ3v) is 1.86. The molecule has 0 radical (unpaired) electrons. The van der Waals surface area contributed by atoms with Crippen LogP contribution in [0.15, 0.2) is 12.1 Å². The molecule has 1 rings (SSSR count). The zero-order valence-corrected chi connectivity index (χ0v) is 7.89. The number of halogens is 1. The van der Waals surface area contributed by atoms with Crippen LogP contribution in [0.3, 0.4) is 0 Å². The molecule has 0 aliphatic rings. The van der Waals surface area contributed by atoms with E-state index >= 15 is 0 Å². The Labute approximate surface area is 78.0 Å². The highest BCUT2D eigenvalue weighted by atomic mass is 19.1. The fourth-order valence-corrected chi connectivity index (χ4v) is 1.30. The summed E-state index contributed by atoms with van der Waals surface area (Å²) in [6.45, 7) is 1.73. The first kappa shape index (κ1) is 9.96. The lowest BCUT2D eigenvalue weighted by Gasteiger charge is -2.02. The zero-order valence-electron chi connectivity index (χ0n) is 7.89. The van der Waals surface area contributed by atoms with E-state index in [-0.39, 0.29) is 6.67 Å². The van der Waals surface area contributed by atoms with Crippen molar-refractivity contribution in [2.24, 2.45) is 0 Å². The SMILES string of the molecule is Cc1cc(N)nc(CCCCF)c1. The van der Waals surface area contributed by atoms with Gasteiger partial charge in [0, 0.05) is 5.69 Å². The molecule has 2 N–H and O–H groups in total. The second kappa shape index (κ2) is 4.80. The van der Waals surface area contributed by atoms with Gasteiger partial charge in [0.25, 0.3) is 0 Å². The molecule has 0 saturated carbocycles. The number of nitrogens with zero attached hydrogens (tertiary/aromatic N) is 1. The molecule has 0 bridgehead atoms. The van der Waals surface area contributed by atoms with Crippen LogP contribution < -0.4 is 5.73 Å². The number of nitrogen functional groups attached to an aromatic ring is 1. The van der Waals surface area contributed by atoms with Gasteiger partial charge in [0.05, 0.1) is 6.67 Å². The molecule has 13 heavy (non-hydrogen) atoms. The molecule has 0 unspecified atom stereocenters. The van der Waals surface area contributed by atoms with Crippen molar-refractivity contribution in [3.8, 4) is 0 Å². The molecule has 0 amide bonds. The Bertz CT molecular complexity index is 253. The van der Waals surface area contributed by atoms with Crippen LogP contribution in [-0.4, -0.2) is 11.7 Å². The van der Waals surface area contributed by atoms with E-state index in [9.17, 15) is 4.39 Å². The van der Waals surface area contributed by atoms with Crippen molar-refractivity contribution in [1.29, 1.82) is 0 Å². The quantitative estimate of drug-likeness (QED) is 0.725. The summed E-state index contributed by atoms with van der Waals surface area (Å²) in [4.78, 5) is 4.16. The van der Waals surface area contributed by atoms with Gasteiger partial charge in [0.15, 0.2) is 0 Å². The predicted octanol–water partition coefficient (Wildman–Crippen LogP) is 2.26. The first-order chi connectivity index (χ1) is 6.22. The van der Waals surface area contributed by atoms with Gasteiger partial charge in [0.2, 0.25) is 0 Å². The normalized spacial score (nSPS) is 10.3. The van der Waals surface area contributed by atoms with E-state index in [1.807, 2.05) is 19.1 Å². The average molecular weight is 182 g/mol. The number of unbranched alkanes of at least 4 members (excludes halogenated alkanes) is 1. The highest BCUT2D eigenvalue weighted by Gasteiger charge is 1.97. The van der Waals surface area contributed by atoms with Crippen molar-refractivity contribution in [1.82, 2.24) is 4.98 Å². The summed E-state index contributed by atoms with van der Waals surface area (Å²) in [5, 5.41) is 0. The average Bonchev–Trinajstić information content (AvgIpc) is 2.03. The van der Waals surface area contributed by atoms with Crippen LogP contribution in [0, 0.1) is 6.92 Å². The third-order valence-electron chi connectivity index (χ3n) is 1.86. The van der Waals surface area contributed by atoms with Crippen LogP contribution in [0.5, 0.6) is 0 Å². The lowest BCUT2D eigenvalue weighted by molar-refractivity contribution is 0.461. The van der Waals surface area contributed by atoms with Gasteiger partial charge < -0.3 is 5.73 Å². The number of aryl methyl sites for hydroxylation is 2. The van der Waals surface area contributed by atoms with E-state index < -0.39 is 0 Å². The van der Waals surface area contributed by atoms with Gasteiger partial charge in [-0.05, 0) is 43.9 Å². The number of hydrogen-bond acceptors (Lipinski definition) is 2. The number of pyridine rings is 1. The van der Waals surface area contributed by atoms with Crippen molar-refractivity contribution < 1.29 is 4.39 Å². The van der Waals surface area contributed by atoms with Crippen LogP contribution in [0.4, 0.5) is 10.2 Å². The van der Waals surface area contributed by atoms with Crippen LogP contribution in [-0.2, 0) is 6.42 Å². The van der Waals surface area contributed by atoms with Crippen LogP contribution in [0.2, 0.25) is 0 Å². The largest absolute Gasteiger partial charge is 0.384 e. The topological polar surface area (TPSA) is 38.9 Å². The predicted molar refractivity (Wildman–Crippen MR) is 52.3 cm³/mol. The Morgan fingerprint density at radius 2 is 2.15 bits per heavy atom. The van der Waals surface area contributed by atoms with Gasteiger partial charge >= 0.3 is 0 Å². The number of alkyl halides is 1. The standard InChI is InChI=1S/C10H15FN2/c1-8-6-9(4-2-3-5-11)13-10(12)7-8/h6-7H,2-5H2,1H3,(H2,12,13). The Morgan fingerprint density at radius 1 is 1.38 bits per heavy atom. The zero-order chi connectivity index (χ0) is 9.68. The smallest absolute Gasteiger partial charge is 0.123 e. The summed E-state index contributed by atoms with van der Waals surface area (Å²) in [6.07, 6.45) is 2.26. The molecular weight excluding hydrogens is 167 g/mol. The fraction of sp³-hybridized carbons (Fsp3) is 0.500. The van der Waals surface area contributed by atoms with Crippen molar-refractivity contribution in [3.05, 3.63) is 23.4 Å². The minimum atomic E-state index is -0.249. The first-order valence-corrected chi connectivity index (χ1v) is 4.51.